The molecule has 14 heteroatoms. The number of ether oxygens (including phenoxy) is 1. The predicted octanol–water partition coefficient (Wildman–Crippen LogP) is 4.01. The van der Waals surface area contributed by atoms with Crippen LogP contribution in [0, 0.1) is 17.7 Å². The van der Waals surface area contributed by atoms with Crippen molar-refractivity contribution in [2.45, 2.75) is 25.0 Å². The summed E-state index contributed by atoms with van der Waals surface area (Å²) in [6.45, 7) is 4.07. The van der Waals surface area contributed by atoms with Crippen LogP contribution in [0.15, 0.2) is 70.3 Å². The number of aliphatic imine (C=N–C) groups is 1. The number of carbonyl (C=O) groups is 3. The normalized spacial score (nSPS) is 21.1. The maximum absolute atomic E-state index is 14.0. The van der Waals surface area contributed by atoms with Gasteiger partial charge in [0.25, 0.3) is 0 Å². The summed E-state index contributed by atoms with van der Waals surface area (Å²) in [5.41, 5.74) is 2.11. The van der Waals surface area contributed by atoms with Crippen molar-refractivity contribution in [1.29, 1.82) is 0 Å². The van der Waals surface area contributed by atoms with Gasteiger partial charge in [-0.2, -0.15) is 0 Å². The number of aromatic carboxylic acids is 1. The van der Waals surface area contributed by atoms with Crippen LogP contribution in [0.2, 0.25) is 5.02 Å². The number of halogens is 2. The Bertz CT molecular complexity index is 1840. The highest BCUT2D eigenvalue weighted by Crippen LogP contribution is 2.37. The van der Waals surface area contributed by atoms with E-state index in [1.165, 1.54) is 48.8 Å². The molecule has 0 aliphatic carbocycles. The van der Waals surface area contributed by atoms with Crippen LogP contribution in [0.3, 0.4) is 0 Å². The molecule has 3 atom stereocenters. The Morgan fingerprint density at radius 1 is 1.19 bits per heavy atom. The van der Waals surface area contributed by atoms with Crippen LogP contribution in [0.25, 0.3) is 0 Å². The van der Waals surface area contributed by atoms with E-state index in [1.54, 1.807) is 23.2 Å². The summed E-state index contributed by atoms with van der Waals surface area (Å²) in [7, 11) is 1.30. The van der Waals surface area contributed by atoms with Gasteiger partial charge in [-0.3, -0.25) is 9.89 Å². The molecular weight excluding hydrogens is 647 g/mol. The van der Waals surface area contributed by atoms with Crippen LogP contribution in [-0.4, -0.2) is 101 Å². The first kappa shape index (κ1) is 32.2. The van der Waals surface area contributed by atoms with Gasteiger partial charge in [-0.25, -0.2) is 23.8 Å². The lowest BCUT2D eigenvalue weighted by Crippen LogP contribution is -2.57. The van der Waals surface area contributed by atoms with Gasteiger partial charge in [0.15, 0.2) is 10.8 Å². The van der Waals surface area contributed by atoms with Crippen LogP contribution in [0.5, 0.6) is 0 Å². The molecule has 11 nitrogen and oxygen atoms in total. The van der Waals surface area contributed by atoms with Gasteiger partial charge in [-0.05, 0) is 43.3 Å². The Hall–Kier alpha value is -4.77. The van der Waals surface area contributed by atoms with Gasteiger partial charge in [-0.15, -0.1) is 11.3 Å². The Morgan fingerprint density at radius 3 is 2.66 bits per heavy atom. The number of urea groups is 1. The first-order valence-corrected chi connectivity index (χ1v) is 16.0. The molecule has 2 aromatic carbocycles. The van der Waals surface area contributed by atoms with E-state index in [4.69, 9.17) is 26.4 Å². The van der Waals surface area contributed by atoms with E-state index < -0.39 is 23.8 Å². The monoisotopic (exact) mass is 676 g/mol. The number of methoxy groups -OCH3 is 1. The van der Waals surface area contributed by atoms with Gasteiger partial charge >= 0.3 is 18.0 Å². The highest BCUT2D eigenvalue weighted by Gasteiger charge is 2.43. The number of amidine groups is 1. The van der Waals surface area contributed by atoms with E-state index in [1.807, 2.05) is 17.2 Å². The molecule has 1 aromatic heterocycles. The molecule has 47 heavy (non-hydrogen) atoms. The second-order valence-electron chi connectivity index (χ2n) is 11.3. The zero-order valence-electron chi connectivity index (χ0n) is 25.4. The van der Waals surface area contributed by atoms with Crippen molar-refractivity contribution in [3.05, 3.63) is 97.8 Å². The first-order valence-electron chi connectivity index (χ1n) is 14.8. The number of hydrogen-bond acceptors (Lipinski definition) is 9. The molecule has 3 aliphatic heterocycles. The highest BCUT2D eigenvalue weighted by molar-refractivity contribution is 7.11. The molecule has 0 spiro atoms. The van der Waals surface area contributed by atoms with Crippen molar-refractivity contribution < 1.29 is 28.6 Å². The maximum atomic E-state index is 14.0. The van der Waals surface area contributed by atoms with Crippen LogP contribution in [0.1, 0.15) is 39.5 Å². The summed E-state index contributed by atoms with van der Waals surface area (Å²) in [4.78, 5) is 52.7. The molecular formula is C33H30ClFN6O5S. The minimum absolute atomic E-state index is 0.0581. The fourth-order valence-corrected chi connectivity index (χ4v) is 6.82. The van der Waals surface area contributed by atoms with Crippen LogP contribution >= 0.6 is 22.9 Å². The molecule has 2 amide bonds. The van der Waals surface area contributed by atoms with Crippen LogP contribution in [-0.2, 0) is 9.53 Å². The number of fused-ring (bicyclic) bond motifs is 1. The largest absolute Gasteiger partial charge is 0.478 e. The van der Waals surface area contributed by atoms with Crippen molar-refractivity contribution >= 4 is 46.7 Å². The Kier molecular flexibility index (Phi) is 9.26. The summed E-state index contributed by atoms with van der Waals surface area (Å²) in [5, 5.41) is 15.0. The number of amides is 2. The van der Waals surface area contributed by atoms with Gasteiger partial charge < -0.3 is 25.0 Å². The summed E-state index contributed by atoms with van der Waals surface area (Å²) in [6.07, 6.45) is 1.66. The van der Waals surface area contributed by atoms with Crippen molar-refractivity contribution in [2.75, 3.05) is 39.8 Å². The number of nitrogens with zero attached hydrogens (tertiary/aromatic N) is 5. The topological polar surface area (TPSA) is 128 Å². The number of carbonyl (C=O) groups excluding carboxylic acids is 2. The van der Waals surface area contributed by atoms with E-state index in [9.17, 15) is 18.8 Å². The summed E-state index contributed by atoms with van der Waals surface area (Å²) < 4.78 is 19.2. The number of benzene rings is 2. The van der Waals surface area contributed by atoms with Gasteiger partial charge in [0.05, 0.1) is 30.8 Å². The molecule has 242 valence electrons. The third kappa shape index (κ3) is 6.71. The van der Waals surface area contributed by atoms with E-state index >= 15 is 0 Å². The van der Waals surface area contributed by atoms with Crippen molar-refractivity contribution in [2.24, 2.45) is 4.99 Å². The minimum Gasteiger partial charge on any atom is -0.478 e. The standard InChI is InChI=1S/C33H30ClFN6O5S/c1-19-15-41-23(16-39(33(41)45)12-3-4-20-5-7-21(8-6-20)31(42)43)17-40(19)18-26-27(32(44)46-2)28(24-10-9-22(35)14-25(24)34)38-29(37-26)30-36-11-13-47-30/h5-11,13-14,19,23,28H,12,15-18H2,1-2H3,(H,37,38)(H,42,43)/t19-,23+,28-/m0/s1. The van der Waals surface area contributed by atoms with Crippen LogP contribution in [0.4, 0.5) is 9.18 Å². The van der Waals surface area contributed by atoms with Crippen molar-refractivity contribution in [3.63, 3.8) is 0 Å². The quantitative estimate of drug-likeness (QED) is 0.284. The molecule has 2 fully saturated rings. The van der Waals surface area contributed by atoms with E-state index in [2.05, 4.69) is 27.0 Å². The number of esters is 1. The molecule has 2 N–H and O–H groups in total. The van der Waals surface area contributed by atoms with Gasteiger partial charge in [0.1, 0.15) is 11.9 Å². The summed E-state index contributed by atoms with van der Waals surface area (Å²) in [5.74, 6) is 4.39. The lowest BCUT2D eigenvalue weighted by Gasteiger charge is -2.42. The van der Waals surface area contributed by atoms with Gasteiger partial charge in [0, 0.05) is 65.6 Å². The van der Waals surface area contributed by atoms with Gasteiger partial charge in [-0.1, -0.05) is 29.5 Å². The average Bonchev–Trinajstić information content (AvgIpc) is 3.70. The SMILES string of the molecule is COC(=O)C1=C(CN2C[C@H]3CN(CC#Cc4ccc(C(=O)O)cc4)C(=O)N3C[C@@H]2C)NC(c2nccs2)=N[C@H]1c1ccc(F)cc1Cl. The number of piperazine rings is 1. The predicted molar refractivity (Wildman–Crippen MR) is 174 cm³/mol. The van der Waals surface area contributed by atoms with E-state index in [0.717, 1.165) is 0 Å². The average molecular weight is 677 g/mol. The third-order valence-electron chi connectivity index (χ3n) is 8.34. The highest BCUT2D eigenvalue weighted by atomic mass is 35.5. The maximum Gasteiger partial charge on any atom is 0.338 e. The van der Waals surface area contributed by atoms with Crippen LogP contribution < -0.4 is 5.32 Å². The third-order valence-corrected chi connectivity index (χ3v) is 9.44. The molecule has 0 unspecified atom stereocenters. The second-order valence-corrected chi connectivity index (χ2v) is 12.6. The molecule has 3 aliphatic rings. The zero-order chi connectivity index (χ0) is 33.2. The fraction of sp³-hybridized carbons (Fsp3) is 0.303. The number of hydrogen-bond donors (Lipinski definition) is 2. The second kappa shape index (κ2) is 13.5. The molecule has 0 bridgehead atoms. The van der Waals surface area contributed by atoms with E-state index in [-0.39, 0.29) is 40.8 Å². The van der Waals surface area contributed by atoms with Crippen molar-refractivity contribution in [1.82, 2.24) is 25.0 Å². The number of thiazole rings is 1. The number of aromatic nitrogens is 1. The van der Waals surface area contributed by atoms with E-state index in [0.29, 0.717) is 53.8 Å². The molecule has 6 rings (SSSR count). The molecule has 3 aromatic rings. The number of carboxylic acid groups (broad SMARTS) is 1. The molecule has 0 radical (unpaired) electrons. The van der Waals surface area contributed by atoms with Gasteiger partial charge in [0.2, 0.25) is 0 Å². The zero-order valence-corrected chi connectivity index (χ0v) is 27.0. The smallest absolute Gasteiger partial charge is 0.338 e. The Balaban J connectivity index is 1.23. The number of rotatable bonds is 7. The lowest BCUT2D eigenvalue weighted by atomic mass is 9.94. The minimum atomic E-state index is -1.01. The first-order chi connectivity index (χ1) is 22.6. The van der Waals surface area contributed by atoms with Crippen molar-refractivity contribution in [3.8, 4) is 11.8 Å². The summed E-state index contributed by atoms with van der Waals surface area (Å²) in [6, 6.07) is 9.13. The Morgan fingerprint density at radius 2 is 1.98 bits per heavy atom. The molecule has 4 heterocycles. The molecule has 2 saturated heterocycles. The lowest BCUT2D eigenvalue weighted by molar-refractivity contribution is -0.136. The fourth-order valence-electron chi connectivity index (χ4n) is 5.96. The Labute approximate surface area is 279 Å². The summed E-state index contributed by atoms with van der Waals surface area (Å²) >= 11 is 7.87. The number of carboxylic acids is 1. The molecule has 0 saturated carbocycles. The number of nitrogens with one attached hydrogen (secondary N) is 1.